The summed E-state index contributed by atoms with van der Waals surface area (Å²) in [5, 5.41) is 7.12. The molecule has 4 rings (SSSR count). The van der Waals surface area contributed by atoms with Gasteiger partial charge in [-0.05, 0) is 48.5 Å². The Morgan fingerprint density at radius 1 is 0.949 bits per heavy atom. The quantitative estimate of drug-likeness (QED) is 0.274. The third-order valence-corrected chi connectivity index (χ3v) is 5.58. The molecule has 1 aromatic heterocycles. The molecule has 1 N–H and O–H groups in total. The van der Waals surface area contributed by atoms with E-state index in [-0.39, 0.29) is 30.6 Å². The van der Waals surface area contributed by atoms with Gasteiger partial charge in [-0.2, -0.15) is 18.2 Å². The first-order valence-electron chi connectivity index (χ1n) is 11.6. The standard InChI is InChI=1S/C27H25F3N4O5/c1-36-13-14-39-26-32-24(17-5-4-6-18(15-17)27(28,29)30)34(33-26)20-9-7-19(8-10-20)31-25(35)22-12-11-21(37-2)16-23(22)38-3/h4-12,15-16H,13-14H2,1-3H3,(H,31,35). The summed E-state index contributed by atoms with van der Waals surface area (Å²) < 4.78 is 62.3. The van der Waals surface area contributed by atoms with Gasteiger partial charge in [0.2, 0.25) is 0 Å². The molecule has 0 spiro atoms. The van der Waals surface area contributed by atoms with E-state index in [0.29, 0.717) is 28.4 Å². The number of halogens is 3. The number of hydrogen-bond donors (Lipinski definition) is 1. The Morgan fingerprint density at radius 2 is 1.72 bits per heavy atom. The zero-order valence-electron chi connectivity index (χ0n) is 21.3. The number of nitrogens with one attached hydrogen (secondary N) is 1. The third kappa shape index (κ3) is 6.47. The van der Waals surface area contributed by atoms with E-state index in [1.807, 2.05) is 0 Å². The molecular weight excluding hydrogens is 517 g/mol. The minimum atomic E-state index is -4.52. The average molecular weight is 543 g/mol. The molecule has 9 nitrogen and oxygen atoms in total. The number of carbonyl (C=O) groups excluding carboxylic acids is 1. The highest BCUT2D eigenvalue weighted by Gasteiger charge is 2.31. The van der Waals surface area contributed by atoms with Crippen LogP contribution in [0.15, 0.2) is 66.7 Å². The third-order valence-electron chi connectivity index (χ3n) is 5.58. The molecular formula is C27H25F3N4O5. The van der Waals surface area contributed by atoms with E-state index in [2.05, 4.69) is 15.4 Å². The van der Waals surface area contributed by atoms with Gasteiger partial charge in [-0.1, -0.05) is 12.1 Å². The number of aromatic nitrogens is 3. The van der Waals surface area contributed by atoms with Crippen LogP contribution in [0.5, 0.6) is 17.5 Å². The van der Waals surface area contributed by atoms with Crippen molar-refractivity contribution in [2.24, 2.45) is 0 Å². The summed E-state index contributed by atoms with van der Waals surface area (Å²) in [4.78, 5) is 17.2. The van der Waals surface area contributed by atoms with Gasteiger partial charge in [0, 0.05) is 24.4 Å². The fraction of sp³-hybridized carbons (Fsp3) is 0.222. The van der Waals surface area contributed by atoms with Crippen LogP contribution in [0.3, 0.4) is 0 Å². The highest BCUT2D eigenvalue weighted by atomic mass is 19.4. The van der Waals surface area contributed by atoms with Gasteiger partial charge >= 0.3 is 12.2 Å². The molecule has 0 aliphatic heterocycles. The fourth-order valence-electron chi connectivity index (χ4n) is 3.64. The maximum Gasteiger partial charge on any atom is 0.416 e. The lowest BCUT2D eigenvalue weighted by Crippen LogP contribution is -2.13. The van der Waals surface area contributed by atoms with Crippen molar-refractivity contribution in [2.75, 3.05) is 39.9 Å². The van der Waals surface area contributed by atoms with Gasteiger partial charge < -0.3 is 24.3 Å². The van der Waals surface area contributed by atoms with E-state index in [1.54, 1.807) is 42.5 Å². The molecule has 1 heterocycles. The number of alkyl halides is 3. The average Bonchev–Trinajstić information content (AvgIpc) is 3.37. The monoisotopic (exact) mass is 542 g/mol. The Bertz CT molecular complexity index is 1440. The van der Waals surface area contributed by atoms with Crippen molar-refractivity contribution in [2.45, 2.75) is 6.18 Å². The lowest BCUT2D eigenvalue weighted by Gasteiger charge is -2.12. The molecule has 0 bridgehead atoms. The summed E-state index contributed by atoms with van der Waals surface area (Å²) in [5.74, 6) is 0.635. The second-order valence-electron chi connectivity index (χ2n) is 8.12. The Morgan fingerprint density at radius 3 is 2.38 bits per heavy atom. The lowest BCUT2D eigenvalue weighted by molar-refractivity contribution is -0.137. The number of benzene rings is 3. The normalized spacial score (nSPS) is 11.2. The number of carbonyl (C=O) groups is 1. The molecule has 204 valence electrons. The van der Waals surface area contributed by atoms with Crippen molar-refractivity contribution in [3.63, 3.8) is 0 Å². The van der Waals surface area contributed by atoms with Gasteiger partial charge in [0.15, 0.2) is 5.82 Å². The van der Waals surface area contributed by atoms with E-state index < -0.39 is 17.6 Å². The Kier molecular flexibility index (Phi) is 8.35. The molecule has 0 saturated carbocycles. The summed E-state index contributed by atoms with van der Waals surface area (Å²) in [5.41, 5.74) is 0.644. The second kappa shape index (κ2) is 11.9. The smallest absolute Gasteiger partial charge is 0.416 e. The maximum absolute atomic E-state index is 13.3. The van der Waals surface area contributed by atoms with Crippen molar-refractivity contribution in [3.8, 4) is 34.6 Å². The number of methoxy groups -OCH3 is 3. The van der Waals surface area contributed by atoms with Crippen LogP contribution in [0.25, 0.3) is 17.1 Å². The van der Waals surface area contributed by atoms with Gasteiger partial charge in [-0.3, -0.25) is 4.79 Å². The minimum Gasteiger partial charge on any atom is -0.497 e. The van der Waals surface area contributed by atoms with Crippen LogP contribution in [0.2, 0.25) is 0 Å². The van der Waals surface area contributed by atoms with Gasteiger partial charge in [0.05, 0.1) is 37.6 Å². The number of ether oxygens (including phenoxy) is 4. The topological polar surface area (TPSA) is 96.7 Å². The van der Waals surface area contributed by atoms with E-state index in [1.165, 1.54) is 38.1 Å². The molecule has 0 aliphatic carbocycles. The van der Waals surface area contributed by atoms with E-state index >= 15 is 0 Å². The molecule has 0 radical (unpaired) electrons. The largest absolute Gasteiger partial charge is 0.497 e. The number of anilines is 1. The predicted octanol–water partition coefficient (Wildman–Crippen LogP) is 5.25. The lowest BCUT2D eigenvalue weighted by atomic mass is 10.1. The number of rotatable bonds is 10. The van der Waals surface area contributed by atoms with Crippen LogP contribution in [-0.2, 0) is 10.9 Å². The van der Waals surface area contributed by atoms with Crippen LogP contribution in [-0.4, -0.2) is 55.2 Å². The van der Waals surface area contributed by atoms with Crippen molar-refractivity contribution in [1.82, 2.24) is 14.8 Å². The van der Waals surface area contributed by atoms with Gasteiger partial charge in [-0.25, -0.2) is 4.68 Å². The zero-order valence-corrected chi connectivity index (χ0v) is 21.3. The number of amides is 1. The molecule has 3 aromatic carbocycles. The van der Waals surface area contributed by atoms with Crippen LogP contribution < -0.4 is 19.5 Å². The molecule has 4 aromatic rings. The van der Waals surface area contributed by atoms with Crippen molar-refractivity contribution in [1.29, 1.82) is 0 Å². The van der Waals surface area contributed by atoms with Gasteiger partial charge in [-0.15, -0.1) is 5.10 Å². The first kappa shape index (κ1) is 27.5. The predicted molar refractivity (Wildman–Crippen MR) is 137 cm³/mol. The maximum atomic E-state index is 13.3. The second-order valence-corrected chi connectivity index (χ2v) is 8.12. The molecule has 12 heteroatoms. The van der Waals surface area contributed by atoms with Crippen LogP contribution in [0.4, 0.5) is 18.9 Å². The molecule has 39 heavy (non-hydrogen) atoms. The molecule has 0 atom stereocenters. The summed E-state index contributed by atoms with van der Waals surface area (Å²) in [6.07, 6.45) is -4.52. The molecule has 0 fully saturated rings. The van der Waals surface area contributed by atoms with Crippen molar-refractivity contribution < 1.29 is 36.9 Å². The first-order chi connectivity index (χ1) is 18.7. The first-order valence-corrected chi connectivity index (χ1v) is 11.6. The van der Waals surface area contributed by atoms with Crippen LogP contribution >= 0.6 is 0 Å². The Labute approximate surface area is 222 Å². The zero-order chi connectivity index (χ0) is 28.0. The van der Waals surface area contributed by atoms with Gasteiger partial charge in [0.1, 0.15) is 18.1 Å². The highest BCUT2D eigenvalue weighted by Crippen LogP contribution is 2.33. The Balaban J connectivity index is 1.63. The van der Waals surface area contributed by atoms with Crippen molar-refractivity contribution >= 4 is 11.6 Å². The van der Waals surface area contributed by atoms with E-state index in [0.717, 1.165) is 12.1 Å². The number of nitrogens with zero attached hydrogens (tertiary/aromatic N) is 3. The molecule has 1 amide bonds. The molecule has 0 aliphatic rings. The summed E-state index contributed by atoms with van der Waals surface area (Å²) in [6.45, 7) is 0.434. The SMILES string of the molecule is COCCOc1nc(-c2cccc(C(F)(F)F)c2)n(-c2ccc(NC(=O)c3ccc(OC)cc3OC)cc2)n1. The van der Waals surface area contributed by atoms with E-state index in [9.17, 15) is 18.0 Å². The fourth-order valence-corrected chi connectivity index (χ4v) is 3.64. The van der Waals surface area contributed by atoms with Gasteiger partial charge in [0.25, 0.3) is 5.91 Å². The molecule has 0 saturated heterocycles. The Hall–Kier alpha value is -4.58. The summed E-state index contributed by atoms with van der Waals surface area (Å²) in [6, 6.07) is 16.1. The molecule has 0 unspecified atom stereocenters. The number of hydrogen-bond acceptors (Lipinski definition) is 7. The summed E-state index contributed by atoms with van der Waals surface area (Å²) in [7, 11) is 4.47. The highest BCUT2D eigenvalue weighted by molar-refractivity contribution is 6.06. The minimum absolute atomic E-state index is 0.0246. The van der Waals surface area contributed by atoms with Crippen LogP contribution in [0.1, 0.15) is 15.9 Å². The van der Waals surface area contributed by atoms with Crippen molar-refractivity contribution in [3.05, 3.63) is 77.9 Å². The summed E-state index contributed by atoms with van der Waals surface area (Å²) >= 11 is 0. The van der Waals surface area contributed by atoms with E-state index in [4.69, 9.17) is 18.9 Å². The van der Waals surface area contributed by atoms with Crippen LogP contribution in [0, 0.1) is 0 Å².